The Kier molecular flexibility index (Phi) is 6.58. The number of para-hydroxylation sites is 1. The van der Waals surface area contributed by atoms with E-state index in [1.807, 2.05) is 6.07 Å². The first-order valence-corrected chi connectivity index (χ1v) is 13.2. The average molecular weight is 473 g/mol. The summed E-state index contributed by atoms with van der Waals surface area (Å²) in [7, 11) is 0. The van der Waals surface area contributed by atoms with Gasteiger partial charge in [0.25, 0.3) is 0 Å². The van der Waals surface area contributed by atoms with Crippen LogP contribution in [0.2, 0.25) is 0 Å². The minimum Gasteiger partial charge on any atom is -0.454 e. The molecule has 3 aliphatic rings. The Labute approximate surface area is 214 Å². The van der Waals surface area contributed by atoms with Crippen molar-refractivity contribution in [3.05, 3.63) is 143 Å². The molecule has 36 heavy (non-hydrogen) atoms. The van der Waals surface area contributed by atoms with E-state index in [1.165, 1.54) is 22.3 Å². The highest BCUT2D eigenvalue weighted by Gasteiger charge is 2.26. The van der Waals surface area contributed by atoms with Crippen LogP contribution in [0.3, 0.4) is 0 Å². The molecule has 6 rings (SSSR count). The fourth-order valence-electron chi connectivity index (χ4n) is 5.50. The standard InChI is InChI=1S/C34H32O2/c1-4-11-25(12-5-1)23-29(27-13-6-2-7-14-27)24-26-19-21-28(22-20-26)30-15-10-18-33-34(30)36-32-17-9-3-8-16-31(32)35-33/h1-2,4-8,10-16,18-21,28-29H,3,9,17,22-24H2. The van der Waals surface area contributed by atoms with Crippen LogP contribution in [0.25, 0.3) is 0 Å². The van der Waals surface area contributed by atoms with Gasteiger partial charge in [-0.3, -0.25) is 0 Å². The van der Waals surface area contributed by atoms with Crippen LogP contribution in [0.1, 0.15) is 60.6 Å². The Morgan fingerprint density at radius 2 is 1.64 bits per heavy atom. The van der Waals surface area contributed by atoms with Crippen molar-refractivity contribution in [2.24, 2.45) is 0 Å². The van der Waals surface area contributed by atoms with Crippen LogP contribution in [0.4, 0.5) is 0 Å². The molecule has 0 aromatic heterocycles. The highest BCUT2D eigenvalue weighted by atomic mass is 16.6. The van der Waals surface area contributed by atoms with E-state index >= 15 is 0 Å². The molecule has 2 unspecified atom stereocenters. The number of ether oxygens (including phenoxy) is 2. The topological polar surface area (TPSA) is 18.5 Å². The molecular weight excluding hydrogens is 440 g/mol. The van der Waals surface area contributed by atoms with Gasteiger partial charge in [0.1, 0.15) is 5.76 Å². The Balaban J connectivity index is 1.19. The maximum atomic E-state index is 6.46. The number of hydrogen-bond donors (Lipinski definition) is 0. The van der Waals surface area contributed by atoms with Crippen LogP contribution < -0.4 is 9.47 Å². The third-order valence-corrected chi connectivity index (χ3v) is 7.43. The van der Waals surface area contributed by atoms with E-state index in [1.54, 1.807) is 0 Å². The van der Waals surface area contributed by atoms with E-state index in [2.05, 4.69) is 103 Å². The third-order valence-electron chi connectivity index (χ3n) is 7.43. The van der Waals surface area contributed by atoms with Crippen molar-refractivity contribution in [2.45, 2.75) is 50.4 Å². The Bertz CT molecular complexity index is 1330. The van der Waals surface area contributed by atoms with E-state index < -0.39 is 0 Å². The van der Waals surface area contributed by atoms with Gasteiger partial charge >= 0.3 is 0 Å². The summed E-state index contributed by atoms with van der Waals surface area (Å²) in [6.07, 6.45) is 17.5. The van der Waals surface area contributed by atoms with Crippen LogP contribution in [0.15, 0.2) is 126 Å². The Morgan fingerprint density at radius 3 is 2.44 bits per heavy atom. The summed E-state index contributed by atoms with van der Waals surface area (Å²) in [6, 6.07) is 28.1. The molecule has 0 spiro atoms. The molecule has 0 radical (unpaired) electrons. The molecule has 2 atom stereocenters. The van der Waals surface area contributed by atoms with Crippen molar-refractivity contribution in [1.82, 2.24) is 0 Å². The second-order valence-electron chi connectivity index (χ2n) is 9.94. The molecule has 2 nitrogen and oxygen atoms in total. The van der Waals surface area contributed by atoms with E-state index in [9.17, 15) is 0 Å². The SMILES string of the molecule is C1=CC2=C(CCC1)Oc1c(cccc1C1C=CC(CC(Cc3ccccc3)c3ccccc3)=CC1)O2. The second kappa shape index (κ2) is 10.5. The molecular formula is C34H32O2. The summed E-state index contributed by atoms with van der Waals surface area (Å²) < 4.78 is 12.7. The quantitative estimate of drug-likeness (QED) is 0.357. The molecule has 0 saturated heterocycles. The lowest BCUT2D eigenvalue weighted by Gasteiger charge is -2.27. The first-order chi connectivity index (χ1) is 17.8. The van der Waals surface area contributed by atoms with Gasteiger partial charge in [-0.2, -0.15) is 0 Å². The summed E-state index contributed by atoms with van der Waals surface area (Å²) in [5.41, 5.74) is 5.42. The number of allylic oxidation sites excluding steroid dienone is 7. The number of hydrogen-bond acceptors (Lipinski definition) is 2. The van der Waals surface area contributed by atoms with Crippen molar-refractivity contribution in [3.63, 3.8) is 0 Å². The summed E-state index contributed by atoms with van der Waals surface area (Å²) in [6.45, 7) is 0. The third kappa shape index (κ3) is 4.95. The van der Waals surface area contributed by atoms with Crippen molar-refractivity contribution in [2.75, 3.05) is 0 Å². The van der Waals surface area contributed by atoms with Crippen molar-refractivity contribution >= 4 is 0 Å². The lowest BCUT2D eigenvalue weighted by atomic mass is 9.83. The first-order valence-electron chi connectivity index (χ1n) is 13.2. The predicted octanol–water partition coefficient (Wildman–Crippen LogP) is 8.80. The van der Waals surface area contributed by atoms with Gasteiger partial charge in [0.05, 0.1) is 0 Å². The highest BCUT2D eigenvalue weighted by Crippen LogP contribution is 2.45. The number of rotatable bonds is 6. The lowest BCUT2D eigenvalue weighted by molar-refractivity contribution is 0.290. The monoisotopic (exact) mass is 472 g/mol. The van der Waals surface area contributed by atoms with Gasteiger partial charge in [0.2, 0.25) is 0 Å². The molecule has 3 aromatic rings. The minimum atomic E-state index is 0.292. The van der Waals surface area contributed by atoms with Crippen LogP contribution in [-0.2, 0) is 6.42 Å². The zero-order valence-electron chi connectivity index (χ0n) is 20.6. The van der Waals surface area contributed by atoms with E-state index in [0.29, 0.717) is 11.8 Å². The number of fused-ring (bicyclic) bond motifs is 1. The summed E-state index contributed by atoms with van der Waals surface area (Å²) in [4.78, 5) is 0. The molecule has 2 aliphatic carbocycles. The molecule has 0 bridgehead atoms. The van der Waals surface area contributed by atoms with Crippen molar-refractivity contribution in [3.8, 4) is 11.5 Å². The van der Waals surface area contributed by atoms with Gasteiger partial charge in [-0.1, -0.05) is 103 Å². The fraction of sp³-hybridized carbons (Fsp3) is 0.235. The van der Waals surface area contributed by atoms with Gasteiger partial charge in [-0.15, -0.1) is 0 Å². The van der Waals surface area contributed by atoms with Gasteiger partial charge in [0.15, 0.2) is 17.3 Å². The number of benzene rings is 3. The van der Waals surface area contributed by atoms with Crippen LogP contribution in [0, 0.1) is 0 Å². The minimum absolute atomic E-state index is 0.292. The second-order valence-corrected chi connectivity index (χ2v) is 9.94. The molecule has 0 N–H and O–H groups in total. The first kappa shape index (κ1) is 22.7. The predicted molar refractivity (Wildman–Crippen MR) is 146 cm³/mol. The van der Waals surface area contributed by atoms with Gasteiger partial charge in [-0.25, -0.2) is 0 Å². The molecule has 2 heteroatoms. The molecule has 3 aromatic carbocycles. The van der Waals surface area contributed by atoms with E-state index in [0.717, 1.165) is 61.5 Å². The molecule has 1 heterocycles. The summed E-state index contributed by atoms with van der Waals surface area (Å²) in [5, 5.41) is 0. The Morgan fingerprint density at radius 1 is 0.806 bits per heavy atom. The largest absolute Gasteiger partial charge is 0.454 e. The van der Waals surface area contributed by atoms with E-state index in [-0.39, 0.29) is 0 Å². The maximum absolute atomic E-state index is 6.46. The Hall–Kier alpha value is -3.78. The summed E-state index contributed by atoms with van der Waals surface area (Å²) >= 11 is 0. The molecule has 0 fully saturated rings. The van der Waals surface area contributed by atoms with Crippen LogP contribution in [0.5, 0.6) is 11.5 Å². The highest BCUT2D eigenvalue weighted by molar-refractivity contribution is 5.54. The normalized spacial score (nSPS) is 19.3. The van der Waals surface area contributed by atoms with Gasteiger partial charge in [0, 0.05) is 17.9 Å². The molecule has 0 amide bonds. The maximum Gasteiger partial charge on any atom is 0.173 e. The zero-order valence-corrected chi connectivity index (χ0v) is 20.6. The van der Waals surface area contributed by atoms with Crippen LogP contribution in [-0.4, -0.2) is 0 Å². The molecule has 0 saturated carbocycles. The van der Waals surface area contributed by atoms with E-state index in [4.69, 9.17) is 9.47 Å². The molecule has 1 aliphatic heterocycles. The zero-order chi connectivity index (χ0) is 24.2. The van der Waals surface area contributed by atoms with Gasteiger partial charge < -0.3 is 9.47 Å². The van der Waals surface area contributed by atoms with Crippen molar-refractivity contribution in [1.29, 1.82) is 0 Å². The van der Waals surface area contributed by atoms with Gasteiger partial charge in [-0.05, 0) is 61.3 Å². The average Bonchev–Trinajstić information content (AvgIpc) is 3.17. The lowest BCUT2D eigenvalue weighted by Crippen LogP contribution is -2.13. The van der Waals surface area contributed by atoms with Crippen LogP contribution >= 0.6 is 0 Å². The molecule has 180 valence electrons. The van der Waals surface area contributed by atoms with Crippen molar-refractivity contribution < 1.29 is 9.47 Å². The summed E-state index contributed by atoms with van der Waals surface area (Å²) in [5.74, 6) is 4.29. The smallest absolute Gasteiger partial charge is 0.173 e. The fourth-order valence-corrected chi connectivity index (χ4v) is 5.50.